The first-order valence-electron chi connectivity index (χ1n) is 6.03. The molecule has 0 spiro atoms. The van der Waals surface area contributed by atoms with E-state index in [1.54, 1.807) is 6.07 Å². The molecule has 2 aromatic rings. The Hall–Kier alpha value is -1.90. The Bertz CT molecular complexity index is 613. The van der Waals surface area contributed by atoms with Gasteiger partial charge >= 0.3 is 0 Å². The number of hydrogen-bond acceptors (Lipinski definition) is 4. The molecule has 0 radical (unpaired) electrons. The van der Waals surface area contributed by atoms with Gasteiger partial charge in [-0.3, -0.25) is 4.90 Å². The van der Waals surface area contributed by atoms with E-state index in [4.69, 9.17) is 5.26 Å². The number of aromatic nitrogens is 2. The van der Waals surface area contributed by atoms with Gasteiger partial charge in [0.05, 0.1) is 23.6 Å². The van der Waals surface area contributed by atoms with Crippen molar-refractivity contribution in [1.82, 2.24) is 14.3 Å². The maximum absolute atomic E-state index is 9.52. The van der Waals surface area contributed by atoms with Crippen LogP contribution >= 0.6 is 0 Å². The Morgan fingerprint density at radius 3 is 3.11 bits per heavy atom. The van der Waals surface area contributed by atoms with Gasteiger partial charge in [-0.05, 0) is 18.6 Å². The molecule has 1 aliphatic rings. The molecule has 5 nitrogen and oxygen atoms in total. The molecule has 0 unspecified atom stereocenters. The maximum Gasteiger partial charge on any atom is 0.137 e. The van der Waals surface area contributed by atoms with Crippen molar-refractivity contribution < 1.29 is 5.11 Å². The molecule has 1 aliphatic heterocycles. The van der Waals surface area contributed by atoms with E-state index in [1.807, 2.05) is 22.9 Å². The van der Waals surface area contributed by atoms with E-state index < -0.39 is 0 Å². The van der Waals surface area contributed by atoms with Crippen LogP contribution in [-0.2, 0) is 6.54 Å². The van der Waals surface area contributed by atoms with Crippen LogP contribution in [0.4, 0.5) is 0 Å². The number of nitrogens with zero attached hydrogens (tertiary/aromatic N) is 4. The molecule has 92 valence electrons. The first-order valence-corrected chi connectivity index (χ1v) is 6.03. The summed E-state index contributed by atoms with van der Waals surface area (Å²) < 4.78 is 1.95. The standard InChI is InChI=1S/C13H14N4O/c14-5-10-1-2-13-15-6-11(17(13)7-10)8-16-4-3-12(18)9-16/h1-2,6-7,12,18H,3-4,8-9H2/t12-/m1/s1. The minimum absolute atomic E-state index is 0.209. The van der Waals surface area contributed by atoms with Gasteiger partial charge in [0.1, 0.15) is 11.7 Å². The summed E-state index contributed by atoms with van der Waals surface area (Å²) in [5, 5.41) is 18.4. The van der Waals surface area contributed by atoms with Crippen molar-refractivity contribution in [2.75, 3.05) is 13.1 Å². The lowest BCUT2D eigenvalue weighted by atomic mass is 10.3. The number of β-amino-alcohol motifs (C(OH)–C–C–N with tert-alkyl or cyclic N) is 1. The SMILES string of the molecule is N#Cc1ccc2ncc(CN3CC[C@@H](O)C3)n2c1. The second kappa shape index (κ2) is 4.41. The Kier molecular flexibility index (Phi) is 2.74. The van der Waals surface area contributed by atoms with E-state index in [-0.39, 0.29) is 6.10 Å². The van der Waals surface area contributed by atoms with Crippen LogP contribution in [0.2, 0.25) is 0 Å². The lowest BCUT2D eigenvalue weighted by Gasteiger charge is -2.14. The zero-order chi connectivity index (χ0) is 12.5. The molecule has 0 bridgehead atoms. The zero-order valence-corrected chi connectivity index (χ0v) is 9.95. The Balaban J connectivity index is 1.90. The number of hydrogen-bond donors (Lipinski definition) is 1. The highest BCUT2D eigenvalue weighted by Gasteiger charge is 2.21. The van der Waals surface area contributed by atoms with Gasteiger partial charge in [0, 0.05) is 25.8 Å². The van der Waals surface area contributed by atoms with Gasteiger partial charge in [-0.2, -0.15) is 5.26 Å². The Morgan fingerprint density at radius 1 is 1.50 bits per heavy atom. The van der Waals surface area contributed by atoms with Gasteiger partial charge in [0.25, 0.3) is 0 Å². The molecular formula is C13H14N4O. The third kappa shape index (κ3) is 1.96. The molecular weight excluding hydrogens is 228 g/mol. The largest absolute Gasteiger partial charge is 0.392 e. The summed E-state index contributed by atoms with van der Waals surface area (Å²) in [5.74, 6) is 0. The predicted molar refractivity (Wildman–Crippen MR) is 65.8 cm³/mol. The fourth-order valence-corrected chi connectivity index (χ4v) is 2.40. The average molecular weight is 242 g/mol. The Labute approximate surface area is 105 Å². The lowest BCUT2D eigenvalue weighted by molar-refractivity contribution is 0.174. The highest BCUT2D eigenvalue weighted by Crippen LogP contribution is 2.15. The first-order chi connectivity index (χ1) is 8.76. The van der Waals surface area contributed by atoms with E-state index in [0.717, 1.165) is 30.9 Å². The van der Waals surface area contributed by atoms with Gasteiger partial charge in [-0.25, -0.2) is 4.98 Å². The van der Waals surface area contributed by atoms with Crippen LogP contribution in [0, 0.1) is 11.3 Å². The number of pyridine rings is 1. The molecule has 1 N–H and O–H groups in total. The predicted octanol–water partition coefficient (Wildman–Crippen LogP) is 0.773. The summed E-state index contributed by atoms with van der Waals surface area (Å²) in [6.45, 7) is 2.38. The average Bonchev–Trinajstić information content (AvgIpc) is 2.96. The minimum Gasteiger partial charge on any atom is -0.392 e. The van der Waals surface area contributed by atoms with Crippen LogP contribution in [-0.4, -0.2) is 38.6 Å². The van der Waals surface area contributed by atoms with E-state index in [1.165, 1.54) is 0 Å². The van der Waals surface area contributed by atoms with Crippen molar-refractivity contribution >= 4 is 5.65 Å². The molecule has 2 aromatic heterocycles. The fraction of sp³-hybridized carbons (Fsp3) is 0.385. The maximum atomic E-state index is 9.52. The quantitative estimate of drug-likeness (QED) is 0.845. The van der Waals surface area contributed by atoms with Gasteiger partial charge in [0.2, 0.25) is 0 Å². The zero-order valence-electron chi connectivity index (χ0n) is 9.95. The molecule has 0 aromatic carbocycles. The number of fused-ring (bicyclic) bond motifs is 1. The van der Waals surface area contributed by atoms with Crippen molar-refractivity contribution in [2.24, 2.45) is 0 Å². The van der Waals surface area contributed by atoms with Crippen molar-refractivity contribution in [2.45, 2.75) is 19.1 Å². The topological polar surface area (TPSA) is 64.6 Å². The number of likely N-dealkylation sites (tertiary alicyclic amines) is 1. The van der Waals surface area contributed by atoms with Gasteiger partial charge in [-0.1, -0.05) is 0 Å². The molecule has 3 rings (SSSR count). The van der Waals surface area contributed by atoms with E-state index in [9.17, 15) is 5.11 Å². The molecule has 0 aliphatic carbocycles. The monoisotopic (exact) mass is 242 g/mol. The number of rotatable bonds is 2. The normalized spacial score (nSPS) is 20.3. The fourth-order valence-electron chi connectivity index (χ4n) is 2.40. The summed E-state index contributed by atoms with van der Waals surface area (Å²) in [5.41, 5.74) is 2.53. The lowest BCUT2D eigenvalue weighted by Crippen LogP contribution is -2.22. The van der Waals surface area contributed by atoms with Crippen molar-refractivity contribution in [3.8, 4) is 6.07 Å². The number of nitriles is 1. The van der Waals surface area contributed by atoms with Gasteiger partial charge in [0.15, 0.2) is 0 Å². The second-order valence-corrected chi connectivity index (χ2v) is 4.68. The van der Waals surface area contributed by atoms with Crippen LogP contribution in [0.1, 0.15) is 17.7 Å². The van der Waals surface area contributed by atoms with Gasteiger partial charge in [-0.15, -0.1) is 0 Å². The molecule has 1 atom stereocenters. The second-order valence-electron chi connectivity index (χ2n) is 4.68. The van der Waals surface area contributed by atoms with Crippen molar-refractivity contribution in [3.63, 3.8) is 0 Å². The first kappa shape index (κ1) is 11.2. The molecule has 5 heteroatoms. The Morgan fingerprint density at radius 2 is 2.39 bits per heavy atom. The van der Waals surface area contributed by atoms with Crippen molar-refractivity contribution in [1.29, 1.82) is 5.26 Å². The molecule has 3 heterocycles. The van der Waals surface area contributed by atoms with Crippen molar-refractivity contribution in [3.05, 3.63) is 35.8 Å². The summed E-state index contributed by atoms with van der Waals surface area (Å²) in [7, 11) is 0. The highest BCUT2D eigenvalue weighted by atomic mass is 16.3. The summed E-state index contributed by atoms with van der Waals surface area (Å²) >= 11 is 0. The van der Waals surface area contributed by atoms with Crippen LogP contribution in [0.5, 0.6) is 0 Å². The molecule has 0 amide bonds. The number of imidazole rings is 1. The third-order valence-corrected chi connectivity index (χ3v) is 3.34. The van der Waals surface area contributed by atoms with Gasteiger partial charge < -0.3 is 9.51 Å². The molecule has 0 saturated carbocycles. The highest BCUT2D eigenvalue weighted by molar-refractivity contribution is 5.44. The number of aliphatic hydroxyl groups excluding tert-OH is 1. The summed E-state index contributed by atoms with van der Waals surface area (Å²) in [4.78, 5) is 6.52. The summed E-state index contributed by atoms with van der Waals surface area (Å²) in [6, 6.07) is 5.75. The van der Waals surface area contributed by atoms with Crippen LogP contribution in [0.15, 0.2) is 24.5 Å². The molecule has 1 saturated heterocycles. The van der Waals surface area contributed by atoms with E-state index in [0.29, 0.717) is 12.1 Å². The number of aliphatic hydroxyl groups is 1. The van der Waals surface area contributed by atoms with E-state index in [2.05, 4.69) is 16.0 Å². The summed E-state index contributed by atoms with van der Waals surface area (Å²) in [6.07, 6.45) is 4.27. The smallest absolute Gasteiger partial charge is 0.137 e. The van der Waals surface area contributed by atoms with Crippen LogP contribution in [0.3, 0.4) is 0 Å². The molecule has 1 fully saturated rings. The third-order valence-electron chi connectivity index (χ3n) is 3.34. The van der Waals surface area contributed by atoms with E-state index >= 15 is 0 Å². The van der Waals surface area contributed by atoms with Crippen LogP contribution < -0.4 is 0 Å². The van der Waals surface area contributed by atoms with Crippen LogP contribution in [0.25, 0.3) is 5.65 Å². The molecule has 18 heavy (non-hydrogen) atoms. The minimum atomic E-state index is -0.209.